The lowest BCUT2D eigenvalue weighted by molar-refractivity contribution is 0.00304. The average molecular weight is 194 g/mol. The van der Waals surface area contributed by atoms with Crippen LogP contribution in [-0.2, 0) is 0 Å². The summed E-state index contributed by atoms with van der Waals surface area (Å²) in [5, 5.41) is 26.0. The molecule has 0 bridgehead atoms. The highest BCUT2D eigenvalue weighted by Gasteiger charge is 2.24. The average Bonchev–Trinajstić information content (AvgIpc) is 2.09. The Balaban J connectivity index is 0. The fourth-order valence-corrected chi connectivity index (χ4v) is 0.485. The van der Waals surface area contributed by atoms with E-state index in [4.69, 9.17) is 20.1 Å². The third-order valence-corrected chi connectivity index (χ3v) is 1.76. The summed E-state index contributed by atoms with van der Waals surface area (Å²) in [5.74, 6) is 0. The third-order valence-electron chi connectivity index (χ3n) is 1.76. The zero-order chi connectivity index (χ0) is 10.9. The molecule has 7 N–H and O–H groups in total. The number of hydrogen-bond donors (Lipinski definition) is 5. The van der Waals surface area contributed by atoms with Crippen LogP contribution in [0.3, 0.4) is 0 Å². The van der Waals surface area contributed by atoms with Gasteiger partial charge < -0.3 is 26.8 Å². The maximum atomic E-state index is 9.00. The molecule has 0 spiro atoms. The molecular formula is C7H18N2O4. The molecule has 0 unspecified atom stereocenters. The van der Waals surface area contributed by atoms with Crippen LogP contribution in [0.5, 0.6) is 0 Å². The Hall–Kier alpha value is -0.850. The summed E-state index contributed by atoms with van der Waals surface area (Å²) in [7, 11) is 0. The van der Waals surface area contributed by atoms with Crippen LogP contribution < -0.4 is 11.5 Å². The first kappa shape index (κ1) is 14.7. The molecule has 2 amide bonds. The molecule has 80 valence electrons. The van der Waals surface area contributed by atoms with Crippen LogP contribution in [0.15, 0.2) is 0 Å². The third kappa shape index (κ3) is 7.51. The predicted molar refractivity (Wildman–Crippen MR) is 47.8 cm³/mol. The first-order valence-electron chi connectivity index (χ1n) is 3.85. The van der Waals surface area contributed by atoms with Gasteiger partial charge in [0.05, 0.1) is 19.8 Å². The topological polar surface area (TPSA) is 130 Å². The smallest absolute Gasteiger partial charge is 0.309 e. The summed E-state index contributed by atoms with van der Waals surface area (Å²) in [4.78, 5) is 9.00. The van der Waals surface area contributed by atoms with Gasteiger partial charge in [-0.1, -0.05) is 6.92 Å². The summed E-state index contributed by atoms with van der Waals surface area (Å²) < 4.78 is 0. The van der Waals surface area contributed by atoms with E-state index in [9.17, 15) is 0 Å². The van der Waals surface area contributed by atoms with E-state index in [0.29, 0.717) is 6.42 Å². The van der Waals surface area contributed by atoms with Crippen molar-refractivity contribution in [2.24, 2.45) is 16.9 Å². The zero-order valence-electron chi connectivity index (χ0n) is 7.73. The monoisotopic (exact) mass is 194 g/mol. The number of carbonyl (C=O) groups excluding carboxylic acids is 1. The Labute approximate surface area is 77.2 Å². The molecule has 13 heavy (non-hydrogen) atoms. The van der Waals surface area contributed by atoms with Crippen LogP contribution in [0, 0.1) is 5.41 Å². The molecular weight excluding hydrogens is 176 g/mol. The van der Waals surface area contributed by atoms with E-state index >= 15 is 0 Å². The lowest BCUT2D eigenvalue weighted by atomic mass is 9.88. The summed E-state index contributed by atoms with van der Waals surface area (Å²) in [6, 6.07) is -0.833. The Bertz CT molecular complexity index is 115. The Morgan fingerprint density at radius 3 is 1.38 bits per heavy atom. The van der Waals surface area contributed by atoms with Gasteiger partial charge in [-0.2, -0.15) is 0 Å². The maximum Gasteiger partial charge on any atom is 0.309 e. The van der Waals surface area contributed by atoms with Crippen molar-refractivity contribution in [1.29, 1.82) is 0 Å². The van der Waals surface area contributed by atoms with E-state index in [2.05, 4.69) is 11.5 Å². The van der Waals surface area contributed by atoms with Crippen molar-refractivity contribution >= 4 is 6.03 Å². The van der Waals surface area contributed by atoms with Gasteiger partial charge in [-0.05, 0) is 6.42 Å². The first-order valence-corrected chi connectivity index (χ1v) is 3.85. The fourth-order valence-electron chi connectivity index (χ4n) is 0.485. The molecule has 6 heteroatoms. The molecule has 0 rings (SSSR count). The van der Waals surface area contributed by atoms with E-state index in [0.717, 1.165) is 0 Å². The number of nitrogens with two attached hydrogens (primary N) is 2. The lowest BCUT2D eigenvalue weighted by Gasteiger charge is -2.24. The van der Waals surface area contributed by atoms with Gasteiger partial charge in [-0.3, -0.25) is 0 Å². The molecule has 0 atom stereocenters. The van der Waals surface area contributed by atoms with Gasteiger partial charge in [0.15, 0.2) is 0 Å². The highest BCUT2D eigenvalue weighted by atomic mass is 16.3. The summed E-state index contributed by atoms with van der Waals surface area (Å²) in [6.07, 6.45) is 0.594. The van der Waals surface area contributed by atoms with Gasteiger partial charge >= 0.3 is 6.03 Å². The number of rotatable bonds is 4. The molecule has 6 nitrogen and oxygen atoms in total. The van der Waals surface area contributed by atoms with Crippen LogP contribution in [0.1, 0.15) is 13.3 Å². The predicted octanol–water partition coefficient (Wildman–Crippen LogP) is -1.62. The number of carbonyl (C=O) groups is 1. The number of amides is 2. The van der Waals surface area contributed by atoms with Crippen molar-refractivity contribution < 1.29 is 20.1 Å². The Morgan fingerprint density at radius 1 is 1.15 bits per heavy atom. The second-order valence-electron chi connectivity index (χ2n) is 2.73. The molecule has 0 aromatic carbocycles. The zero-order valence-corrected chi connectivity index (χ0v) is 7.73. The molecule has 0 aliphatic rings. The van der Waals surface area contributed by atoms with Crippen molar-refractivity contribution in [1.82, 2.24) is 0 Å². The summed E-state index contributed by atoms with van der Waals surface area (Å²) in [5.41, 5.74) is 7.83. The second-order valence-corrected chi connectivity index (χ2v) is 2.73. The van der Waals surface area contributed by atoms with E-state index < -0.39 is 11.4 Å². The molecule has 0 aliphatic carbocycles. The molecule has 0 aliphatic heterocycles. The quantitative estimate of drug-likeness (QED) is 0.368. The van der Waals surface area contributed by atoms with E-state index in [1.165, 1.54) is 0 Å². The van der Waals surface area contributed by atoms with Crippen LogP contribution in [0.4, 0.5) is 4.79 Å². The SMILES string of the molecule is CCC(CO)(CO)CO.NC(N)=O. The van der Waals surface area contributed by atoms with Gasteiger partial charge in [-0.15, -0.1) is 0 Å². The van der Waals surface area contributed by atoms with Crippen LogP contribution >= 0.6 is 0 Å². The largest absolute Gasteiger partial charge is 0.396 e. The standard InChI is InChI=1S/C6H14O3.CH4N2O/c1-2-6(3-7,4-8)5-9;2-1(3)4/h7-9H,2-5H2,1H3;(H4,2,3,4). The lowest BCUT2D eigenvalue weighted by Crippen LogP contribution is -2.32. The number of primary amides is 2. The Kier molecular flexibility index (Phi) is 8.78. The van der Waals surface area contributed by atoms with Crippen LogP contribution in [0.25, 0.3) is 0 Å². The minimum Gasteiger partial charge on any atom is -0.396 e. The molecule has 0 aromatic rings. The number of hydrogen-bond acceptors (Lipinski definition) is 4. The van der Waals surface area contributed by atoms with Crippen LogP contribution in [-0.4, -0.2) is 41.2 Å². The van der Waals surface area contributed by atoms with Gasteiger partial charge in [0.1, 0.15) is 0 Å². The van der Waals surface area contributed by atoms with Crippen molar-refractivity contribution in [3.8, 4) is 0 Å². The number of aliphatic hydroxyl groups is 3. The normalized spacial score (nSPS) is 10.2. The van der Waals surface area contributed by atoms with Crippen molar-refractivity contribution in [3.63, 3.8) is 0 Å². The van der Waals surface area contributed by atoms with Crippen molar-refractivity contribution in [3.05, 3.63) is 0 Å². The molecule has 0 saturated carbocycles. The van der Waals surface area contributed by atoms with E-state index in [-0.39, 0.29) is 19.8 Å². The van der Waals surface area contributed by atoms with Crippen molar-refractivity contribution in [2.75, 3.05) is 19.8 Å². The molecule has 0 saturated heterocycles. The number of aliphatic hydroxyl groups excluding tert-OH is 3. The minimum absolute atomic E-state index is 0.156. The maximum absolute atomic E-state index is 9.00. The summed E-state index contributed by atoms with van der Waals surface area (Å²) in [6.45, 7) is 1.35. The Morgan fingerprint density at radius 2 is 1.38 bits per heavy atom. The first-order chi connectivity index (χ1) is 5.97. The van der Waals surface area contributed by atoms with E-state index in [1.807, 2.05) is 6.92 Å². The highest BCUT2D eigenvalue weighted by molar-refractivity contribution is 5.69. The fraction of sp³-hybridized carbons (Fsp3) is 0.857. The van der Waals surface area contributed by atoms with Crippen molar-refractivity contribution in [2.45, 2.75) is 13.3 Å². The number of urea groups is 1. The van der Waals surface area contributed by atoms with Gasteiger partial charge in [0, 0.05) is 5.41 Å². The molecule has 0 heterocycles. The molecule has 0 fully saturated rings. The van der Waals surface area contributed by atoms with Crippen LogP contribution in [0.2, 0.25) is 0 Å². The van der Waals surface area contributed by atoms with Gasteiger partial charge in [0.25, 0.3) is 0 Å². The van der Waals surface area contributed by atoms with E-state index in [1.54, 1.807) is 0 Å². The second kappa shape index (κ2) is 7.78. The summed E-state index contributed by atoms with van der Waals surface area (Å²) >= 11 is 0. The highest BCUT2D eigenvalue weighted by Crippen LogP contribution is 2.18. The molecule has 0 radical (unpaired) electrons. The van der Waals surface area contributed by atoms with Gasteiger partial charge in [-0.25, -0.2) is 4.79 Å². The minimum atomic E-state index is -0.833. The van der Waals surface area contributed by atoms with Gasteiger partial charge in [0.2, 0.25) is 0 Å². The molecule has 0 aromatic heterocycles.